The van der Waals surface area contributed by atoms with Crippen LogP contribution in [0, 0.1) is 0 Å². The Balaban J connectivity index is 1.31. The fourth-order valence-electron chi connectivity index (χ4n) is 6.13. The second kappa shape index (κ2) is 9.10. The Morgan fingerprint density at radius 1 is 0.548 bits per heavy atom. The zero-order valence-electron chi connectivity index (χ0n) is 22.4. The molecule has 42 heavy (non-hydrogen) atoms. The van der Waals surface area contributed by atoms with Crippen molar-refractivity contribution in [3.8, 4) is 33.8 Å². The monoisotopic (exact) mass is 554 g/mol. The number of aromatic nitrogens is 2. The Kier molecular flexibility index (Phi) is 5.07. The summed E-state index contributed by atoms with van der Waals surface area (Å²) in [4.78, 5) is 10.5. The van der Waals surface area contributed by atoms with Gasteiger partial charge in [-0.15, -0.1) is 11.3 Å². The lowest BCUT2D eigenvalue weighted by atomic mass is 10.00. The van der Waals surface area contributed by atoms with Crippen LogP contribution in [0.1, 0.15) is 0 Å². The van der Waals surface area contributed by atoms with Crippen LogP contribution in [0.2, 0.25) is 0 Å². The van der Waals surface area contributed by atoms with E-state index in [0.29, 0.717) is 5.82 Å². The number of hydrogen-bond acceptors (Lipinski definition) is 4. The fourth-order valence-corrected chi connectivity index (χ4v) is 7.30. The lowest BCUT2D eigenvalue weighted by Crippen LogP contribution is -1.94. The number of fused-ring (bicyclic) bond motifs is 8. The maximum atomic E-state index is 6.37. The van der Waals surface area contributed by atoms with Crippen LogP contribution >= 0.6 is 11.3 Å². The molecule has 3 nitrogen and oxygen atoms in total. The minimum absolute atomic E-state index is 0.715. The number of furan rings is 1. The SMILES string of the molecule is c1ccc(-c2nc(-c3cccc(-c4cccc5c4oc4ccccc45)c3)nc3c2sc2ccc4ccccc4c23)cc1. The van der Waals surface area contributed by atoms with Gasteiger partial charge in [-0.05, 0) is 34.5 Å². The molecule has 0 saturated heterocycles. The molecule has 3 aromatic heterocycles. The first kappa shape index (κ1) is 23.4. The van der Waals surface area contributed by atoms with Gasteiger partial charge in [0.15, 0.2) is 5.82 Å². The molecular weight excluding hydrogens is 532 g/mol. The van der Waals surface area contributed by atoms with Crippen molar-refractivity contribution >= 4 is 64.4 Å². The van der Waals surface area contributed by atoms with E-state index in [-0.39, 0.29) is 0 Å². The predicted molar refractivity (Wildman–Crippen MR) is 176 cm³/mol. The molecule has 0 amide bonds. The summed E-state index contributed by atoms with van der Waals surface area (Å²) in [6.07, 6.45) is 0. The minimum atomic E-state index is 0.715. The summed E-state index contributed by atoms with van der Waals surface area (Å²) < 4.78 is 8.70. The molecular formula is C38H22N2OS. The van der Waals surface area contributed by atoms with E-state index >= 15 is 0 Å². The summed E-state index contributed by atoms with van der Waals surface area (Å²) in [6.45, 7) is 0. The van der Waals surface area contributed by atoms with Crippen LogP contribution in [0.4, 0.5) is 0 Å². The van der Waals surface area contributed by atoms with Crippen LogP contribution in [0.15, 0.2) is 138 Å². The highest BCUT2D eigenvalue weighted by atomic mass is 32.1. The van der Waals surface area contributed by atoms with E-state index in [4.69, 9.17) is 14.4 Å². The number of hydrogen-bond donors (Lipinski definition) is 0. The van der Waals surface area contributed by atoms with Gasteiger partial charge in [-0.1, -0.05) is 115 Å². The summed E-state index contributed by atoms with van der Waals surface area (Å²) in [5, 5.41) is 5.87. The van der Waals surface area contributed by atoms with Crippen molar-refractivity contribution in [1.82, 2.24) is 9.97 Å². The van der Waals surface area contributed by atoms with Crippen molar-refractivity contribution < 1.29 is 4.42 Å². The van der Waals surface area contributed by atoms with Crippen molar-refractivity contribution in [1.29, 1.82) is 0 Å². The zero-order valence-corrected chi connectivity index (χ0v) is 23.2. The van der Waals surface area contributed by atoms with Crippen LogP contribution in [-0.2, 0) is 0 Å². The largest absolute Gasteiger partial charge is 0.455 e. The molecule has 0 N–H and O–H groups in total. The molecule has 196 valence electrons. The molecule has 0 aliphatic carbocycles. The van der Waals surface area contributed by atoms with Crippen molar-refractivity contribution in [3.05, 3.63) is 133 Å². The first-order valence-electron chi connectivity index (χ1n) is 14.0. The van der Waals surface area contributed by atoms with Crippen LogP contribution in [0.25, 0.3) is 86.8 Å². The molecule has 0 radical (unpaired) electrons. The average molecular weight is 555 g/mol. The van der Waals surface area contributed by atoms with Crippen LogP contribution in [-0.4, -0.2) is 9.97 Å². The number of thiophene rings is 1. The first-order chi connectivity index (χ1) is 20.8. The predicted octanol–water partition coefficient (Wildman–Crippen LogP) is 10.9. The molecule has 9 rings (SSSR count). The summed E-state index contributed by atoms with van der Waals surface area (Å²) in [5.74, 6) is 0.715. The lowest BCUT2D eigenvalue weighted by Gasteiger charge is -2.09. The molecule has 0 bridgehead atoms. The Morgan fingerprint density at radius 3 is 2.21 bits per heavy atom. The fraction of sp³-hybridized carbons (Fsp3) is 0. The van der Waals surface area contributed by atoms with Gasteiger partial charge in [0.2, 0.25) is 0 Å². The molecule has 4 heteroatoms. The topological polar surface area (TPSA) is 38.9 Å². The second-order valence-electron chi connectivity index (χ2n) is 10.6. The molecule has 0 atom stereocenters. The summed E-state index contributed by atoms with van der Waals surface area (Å²) in [7, 11) is 0. The van der Waals surface area contributed by atoms with Gasteiger partial charge in [-0.25, -0.2) is 9.97 Å². The van der Waals surface area contributed by atoms with Gasteiger partial charge in [0.25, 0.3) is 0 Å². The first-order valence-corrected chi connectivity index (χ1v) is 14.8. The van der Waals surface area contributed by atoms with Crippen molar-refractivity contribution in [2.75, 3.05) is 0 Å². The Labute approximate surface area is 245 Å². The highest BCUT2D eigenvalue weighted by Crippen LogP contribution is 2.43. The average Bonchev–Trinajstić information content (AvgIpc) is 3.63. The zero-order chi connectivity index (χ0) is 27.6. The van der Waals surface area contributed by atoms with Gasteiger partial charge in [-0.2, -0.15) is 0 Å². The van der Waals surface area contributed by atoms with E-state index in [9.17, 15) is 0 Å². The van der Waals surface area contributed by atoms with Crippen molar-refractivity contribution in [2.24, 2.45) is 0 Å². The highest BCUT2D eigenvalue weighted by Gasteiger charge is 2.19. The van der Waals surface area contributed by atoms with Crippen LogP contribution < -0.4 is 0 Å². The summed E-state index contributed by atoms with van der Waals surface area (Å²) >= 11 is 1.77. The molecule has 6 aromatic carbocycles. The quantitative estimate of drug-likeness (QED) is 0.218. The summed E-state index contributed by atoms with van der Waals surface area (Å²) in [5.41, 5.74) is 7.95. The smallest absolute Gasteiger partial charge is 0.160 e. The van der Waals surface area contributed by atoms with E-state index in [1.807, 2.05) is 18.2 Å². The van der Waals surface area contributed by atoms with Gasteiger partial charge in [-0.3, -0.25) is 0 Å². The third-order valence-corrected chi connectivity index (χ3v) is 9.24. The number of benzene rings is 6. The van der Waals surface area contributed by atoms with E-state index < -0.39 is 0 Å². The van der Waals surface area contributed by atoms with Crippen LogP contribution in [0.5, 0.6) is 0 Å². The molecule has 0 fully saturated rings. The molecule has 0 aliphatic rings. The molecule has 0 spiro atoms. The molecule has 0 unspecified atom stereocenters. The molecule has 0 aliphatic heterocycles. The van der Waals surface area contributed by atoms with Gasteiger partial charge in [0, 0.05) is 37.5 Å². The number of nitrogens with zero attached hydrogens (tertiary/aromatic N) is 2. The molecule has 0 saturated carbocycles. The van der Waals surface area contributed by atoms with Crippen LogP contribution in [0.3, 0.4) is 0 Å². The van der Waals surface area contributed by atoms with Crippen molar-refractivity contribution in [2.45, 2.75) is 0 Å². The number of para-hydroxylation sites is 2. The normalized spacial score (nSPS) is 11.8. The Hall–Kier alpha value is -5.32. The maximum Gasteiger partial charge on any atom is 0.160 e. The molecule has 3 heterocycles. The number of rotatable bonds is 3. The van der Waals surface area contributed by atoms with Gasteiger partial charge < -0.3 is 4.42 Å². The highest BCUT2D eigenvalue weighted by molar-refractivity contribution is 7.26. The Bertz CT molecular complexity index is 2470. The third kappa shape index (κ3) is 3.52. The molecule has 9 aromatic rings. The second-order valence-corrected chi connectivity index (χ2v) is 11.6. The van der Waals surface area contributed by atoms with Gasteiger partial charge in [0.1, 0.15) is 11.2 Å². The standard InChI is InChI=1S/C38H22N2OS/c1-2-11-24(12-3-1)34-37-35(33-27-15-5-4-10-23(27)20-21-32(33)42-37)40-38(39-34)26-14-8-13-25(22-26)28-17-9-18-30-29-16-6-7-19-31(29)41-36(28)30/h1-22H. The third-order valence-electron chi connectivity index (χ3n) is 8.09. The van der Waals surface area contributed by atoms with E-state index in [1.165, 1.54) is 20.9 Å². The van der Waals surface area contributed by atoms with E-state index in [1.54, 1.807) is 11.3 Å². The van der Waals surface area contributed by atoms with E-state index in [2.05, 4.69) is 115 Å². The van der Waals surface area contributed by atoms with Gasteiger partial charge >= 0.3 is 0 Å². The minimum Gasteiger partial charge on any atom is -0.455 e. The lowest BCUT2D eigenvalue weighted by molar-refractivity contribution is 0.670. The van der Waals surface area contributed by atoms with E-state index in [0.717, 1.165) is 60.1 Å². The van der Waals surface area contributed by atoms with Gasteiger partial charge in [0.05, 0.1) is 15.9 Å². The Morgan fingerprint density at radius 2 is 1.29 bits per heavy atom. The van der Waals surface area contributed by atoms with Crippen molar-refractivity contribution in [3.63, 3.8) is 0 Å². The maximum absolute atomic E-state index is 6.37. The summed E-state index contributed by atoms with van der Waals surface area (Å²) in [6, 6.07) is 46.5.